The SMILES string of the molecule is CCCCC1(C(=O)Nc2ccc([C@@H]3O[C@H]4CN[C@@H]3C4)cc2)C=CNN1. The van der Waals surface area contributed by atoms with Crippen molar-refractivity contribution >= 4 is 11.6 Å². The third-order valence-electron chi connectivity index (χ3n) is 5.40. The van der Waals surface area contributed by atoms with Gasteiger partial charge in [-0.1, -0.05) is 31.9 Å². The van der Waals surface area contributed by atoms with E-state index in [1.807, 2.05) is 18.2 Å². The summed E-state index contributed by atoms with van der Waals surface area (Å²) in [5.74, 6) is -0.0345. The summed E-state index contributed by atoms with van der Waals surface area (Å²) in [7, 11) is 0. The van der Waals surface area contributed by atoms with Crippen LogP contribution in [0, 0.1) is 0 Å². The molecule has 3 aliphatic heterocycles. The Labute approximate surface area is 148 Å². The number of nitrogens with one attached hydrogen (secondary N) is 4. The zero-order valence-electron chi connectivity index (χ0n) is 14.5. The van der Waals surface area contributed by atoms with Crippen LogP contribution in [0.3, 0.4) is 0 Å². The lowest BCUT2D eigenvalue weighted by molar-refractivity contribution is -0.121. The fourth-order valence-corrected chi connectivity index (χ4v) is 3.92. The molecule has 4 N–H and O–H groups in total. The second kappa shape index (κ2) is 6.78. The zero-order valence-corrected chi connectivity index (χ0v) is 14.5. The van der Waals surface area contributed by atoms with Crippen molar-refractivity contribution in [3.8, 4) is 0 Å². The van der Waals surface area contributed by atoms with Gasteiger partial charge in [-0.15, -0.1) is 0 Å². The van der Waals surface area contributed by atoms with E-state index in [9.17, 15) is 4.79 Å². The average molecular weight is 342 g/mol. The molecule has 0 saturated carbocycles. The molecule has 1 unspecified atom stereocenters. The molecule has 1 aromatic carbocycles. The number of rotatable bonds is 6. The maximum atomic E-state index is 12.8. The molecule has 3 aliphatic rings. The molecule has 1 aromatic rings. The highest BCUT2D eigenvalue weighted by Gasteiger charge is 2.41. The van der Waals surface area contributed by atoms with Gasteiger partial charge in [0.15, 0.2) is 0 Å². The van der Waals surface area contributed by atoms with Gasteiger partial charge in [0.1, 0.15) is 5.54 Å². The van der Waals surface area contributed by atoms with Gasteiger partial charge in [-0.2, -0.15) is 0 Å². The molecular weight excluding hydrogens is 316 g/mol. The Bertz CT molecular complexity index is 660. The Kier molecular flexibility index (Phi) is 4.50. The van der Waals surface area contributed by atoms with Gasteiger partial charge in [0, 0.05) is 24.5 Å². The number of amides is 1. The maximum absolute atomic E-state index is 12.8. The number of hydrogen-bond donors (Lipinski definition) is 4. The van der Waals surface area contributed by atoms with Crippen molar-refractivity contribution in [2.75, 3.05) is 11.9 Å². The molecule has 2 bridgehead atoms. The van der Waals surface area contributed by atoms with E-state index in [4.69, 9.17) is 4.74 Å². The van der Waals surface area contributed by atoms with Crippen LogP contribution in [-0.2, 0) is 9.53 Å². The lowest BCUT2D eigenvalue weighted by Crippen LogP contribution is -2.53. The Morgan fingerprint density at radius 1 is 1.36 bits per heavy atom. The average Bonchev–Trinajstić information content (AvgIpc) is 3.38. The van der Waals surface area contributed by atoms with Gasteiger partial charge < -0.3 is 20.8 Å². The number of morpholine rings is 1. The lowest BCUT2D eigenvalue weighted by atomic mass is 9.92. The number of carbonyl (C=O) groups is 1. The molecule has 0 aromatic heterocycles. The van der Waals surface area contributed by atoms with E-state index >= 15 is 0 Å². The van der Waals surface area contributed by atoms with Crippen LogP contribution >= 0.6 is 0 Å². The number of fused-ring (bicyclic) bond motifs is 2. The molecule has 0 spiro atoms. The van der Waals surface area contributed by atoms with Crippen LogP contribution in [0.15, 0.2) is 36.5 Å². The molecule has 134 valence electrons. The second-order valence-corrected chi connectivity index (χ2v) is 7.18. The Hall–Kier alpha value is -1.89. The number of ether oxygens (including phenoxy) is 1. The van der Waals surface area contributed by atoms with E-state index in [0.29, 0.717) is 12.1 Å². The first-order valence-electron chi connectivity index (χ1n) is 9.21. The van der Waals surface area contributed by atoms with Crippen LogP contribution in [-0.4, -0.2) is 30.1 Å². The Morgan fingerprint density at radius 3 is 2.80 bits per heavy atom. The third-order valence-corrected chi connectivity index (χ3v) is 5.40. The summed E-state index contributed by atoms with van der Waals surface area (Å²) >= 11 is 0. The first-order chi connectivity index (χ1) is 12.2. The maximum Gasteiger partial charge on any atom is 0.250 e. The van der Waals surface area contributed by atoms with Gasteiger partial charge in [-0.05, 0) is 36.6 Å². The second-order valence-electron chi connectivity index (χ2n) is 7.18. The van der Waals surface area contributed by atoms with Crippen LogP contribution in [0.2, 0.25) is 0 Å². The quantitative estimate of drug-likeness (QED) is 0.636. The third kappa shape index (κ3) is 3.17. The van der Waals surface area contributed by atoms with Gasteiger partial charge in [-0.3, -0.25) is 4.79 Å². The van der Waals surface area contributed by atoms with Crippen LogP contribution in [0.25, 0.3) is 0 Å². The van der Waals surface area contributed by atoms with E-state index in [1.165, 1.54) is 5.56 Å². The van der Waals surface area contributed by atoms with E-state index < -0.39 is 5.54 Å². The number of carbonyl (C=O) groups excluding carboxylic acids is 1. The summed E-state index contributed by atoms with van der Waals surface area (Å²) in [5, 5.41) is 6.53. The normalized spacial score (nSPS) is 32.8. The molecule has 6 nitrogen and oxygen atoms in total. The molecule has 1 amide bonds. The summed E-state index contributed by atoms with van der Waals surface area (Å²) in [6.07, 6.45) is 8.06. The topological polar surface area (TPSA) is 74.4 Å². The van der Waals surface area contributed by atoms with E-state index in [2.05, 4.69) is 40.5 Å². The molecule has 6 heteroatoms. The van der Waals surface area contributed by atoms with Crippen molar-refractivity contribution in [1.29, 1.82) is 0 Å². The standard InChI is InChI=1S/C19H26N4O2/c1-2-3-8-19(9-10-21-23-19)18(24)22-14-6-4-13(5-7-14)17-16-11-15(25-17)12-20-16/h4-7,9-10,15-17,20-21,23H,2-3,8,11-12H2,1H3,(H,22,24)/t15-,16-,17+,19?/m1/s1. The molecular formula is C19H26N4O2. The van der Waals surface area contributed by atoms with Crippen LogP contribution in [0.4, 0.5) is 5.69 Å². The highest BCUT2D eigenvalue weighted by Crippen LogP contribution is 2.37. The predicted octanol–water partition coefficient (Wildman–Crippen LogP) is 1.98. The van der Waals surface area contributed by atoms with Gasteiger partial charge >= 0.3 is 0 Å². The first-order valence-corrected chi connectivity index (χ1v) is 9.21. The monoisotopic (exact) mass is 342 g/mol. The summed E-state index contributed by atoms with van der Waals surface area (Å²) in [6.45, 7) is 3.09. The summed E-state index contributed by atoms with van der Waals surface area (Å²) < 4.78 is 6.03. The summed E-state index contributed by atoms with van der Waals surface area (Å²) in [4.78, 5) is 12.8. The van der Waals surface area contributed by atoms with Crippen LogP contribution in [0.1, 0.15) is 44.3 Å². The highest BCUT2D eigenvalue weighted by molar-refractivity contribution is 6.00. The molecule has 0 aliphatic carbocycles. The van der Waals surface area contributed by atoms with Crippen LogP contribution in [0.5, 0.6) is 0 Å². The molecule has 2 fully saturated rings. The molecule has 2 saturated heterocycles. The van der Waals surface area contributed by atoms with E-state index in [-0.39, 0.29) is 12.0 Å². The van der Waals surface area contributed by atoms with Crippen molar-refractivity contribution < 1.29 is 9.53 Å². The lowest BCUT2D eigenvalue weighted by Gasteiger charge is -2.26. The molecule has 4 atom stereocenters. The Balaban J connectivity index is 1.42. The molecule has 25 heavy (non-hydrogen) atoms. The minimum Gasteiger partial charge on any atom is -0.367 e. The number of unbranched alkanes of at least 4 members (excludes halogenated alkanes) is 1. The molecule has 3 heterocycles. The van der Waals surface area contributed by atoms with Crippen molar-refractivity contribution in [3.63, 3.8) is 0 Å². The minimum absolute atomic E-state index is 0.0345. The number of hydrazine groups is 1. The van der Waals surface area contributed by atoms with Gasteiger partial charge in [-0.25, -0.2) is 5.43 Å². The number of hydrogen-bond acceptors (Lipinski definition) is 5. The first kappa shape index (κ1) is 16.6. The Morgan fingerprint density at radius 2 is 2.20 bits per heavy atom. The fraction of sp³-hybridized carbons (Fsp3) is 0.526. The van der Waals surface area contributed by atoms with Crippen molar-refractivity contribution in [3.05, 3.63) is 42.1 Å². The minimum atomic E-state index is -0.674. The van der Waals surface area contributed by atoms with E-state index in [0.717, 1.165) is 37.9 Å². The van der Waals surface area contributed by atoms with Gasteiger partial charge in [0.25, 0.3) is 0 Å². The van der Waals surface area contributed by atoms with Gasteiger partial charge in [0.2, 0.25) is 5.91 Å². The predicted molar refractivity (Wildman–Crippen MR) is 96.8 cm³/mol. The van der Waals surface area contributed by atoms with Crippen molar-refractivity contribution in [2.45, 2.75) is 56.4 Å². The molecule has 4 rings (SSSR count). The van der Waals surface area contributed by atoms with Crippen molar-refractivity contribution in [2.24, 2.45) is 0 Å². The van der Waals surface area contributed by atoms with Crippen LogP contribution < -0.4 is 21.5 Å². The van der Waals surface area contributed by atoms with Gasteiger partial charge in [0.05, 0.1) is 12.2 Å². The fourth-order valence-electron chi connectivity index (χ4n) is 3.92. The largest absolute Gasteiger partial charge is 0.367 e. The van der Waals surface area contributed by atoms with E-state index in [1.54, 1.807) is 6.20 Å². The highest BCUT2D eigenvalue weighted by atomic mass is 16.5. The zero-order chi connectivity index (χ0) is 17.3. The number of benzene rings is 1. The molecule has 0 radical (unpaired) electrons. The summed E-state index contributed by atoms with van der Waals surface area (Å²) in [5.41, 5.74) is 7.33. The smallest absolute Gasteiger partial charge is 0.250 e. The van der Waals surface area contributed by atoms with Crippen molar-refractivity contribution in [1.82, 2.24) is 16.2 Å². The number of anilines is 1. The summed E-state index contributed by atoms with van der Waals surface area (Å²) in [6, 6.07) is 8.45.